The van der Waals surface area contributed by atoms with Crippen LogP contribution in [0.3, 0.4) is 0 Å². The van der Waals surface area contributed by atoms with Crippen molar-refractivity contribution in [3.63, 3.8) is 0 Å². The fourth-order valence-electron chi connectivity index (χ4n) is 8.64. The first-order chi connectivity index (χ1) is 29.7. The van der Waals surface area contributed by atoms with Crippen molar-refractivity contribution in [2.45, 2.75) is 0 Å². The Morgan fingerprint density at radius 2 is 0.800 bits per heavy atom. The van der Waals surface area contributed by atoms with Crippen molar-refractivity contribution < 1.29 is 4.42 Å². The van der Waals surface area contributed by atoms with E-state index in [0.29, 0.717) is 0 Å². The van der Waals surface area contributed by atoms with Crippen molar-refractivity contribution in [1.29, 1.82) is 0 Å². The van der Waals surface area contributed by atoms with Crippen molar-refractivity contribution in [3.8, 4) is 55.6 Å². The monoisotopic (exact) mass is 765 g/mol. The molecule has 0 saturated carbocycles. The zero-order valence-corrected chi connectivity index (χ0v) is 32.9. The molecule has 1 aromatic heterocycles. The molecule has 282 valence electrons. The average Bonchev–Trinajstić information content (AvgIpc) is 3.72. The van der Waals surface area contributed by atoms with Gasteiger partial charge in [0, 0.05) is 33.3 Å². The normalized spacial score (nSPS) is 11.3. The van der Waals surface area contributed by atoms with Crippen LogP contribution in [0.4, 0.5) is 17.1 Å². The fourth-order valence-corrected chi connectivity index (χ4v) is 8.64. The second-order valence-electron chi connectivity index (χ2n) is 15.3. The molecule has 0 aliphatic rings. The number of anilines is 3. The molecular formula is C58H39NO. The lowest BCUT2D eigenvalue weighted by atomic mass is 9.96. The van der Waals surface area contributed by atoms with E-state index in [1.54, 1.807) is 0 Å². The molecule has 10 aromatic carbocycles. The molecule has 0 unspecified atom stereocenters. The first-order valence-electron chi connectivity index (χ1n) is 20.5. The van der Waals surface area contributed by atoms with Gasteiger partial charge in [0.2, 0.25) is 0 Å². The summed E-state index contributed by atoms with van der Waals surface area (Å²) in [5.41, 5.74) is 16.6. The van der Waals surface area contributed by atoms with Gasteiger partial charge < -0.3 is 9.32 Å². The van der Waals surface area contributed by atoms with E-state index in [1.807, 2.05) is 6.07 Å². The van der Waals surface area contributed by atoms with E-state index in [9.17, 15) is 0 Å². The molecule has 0 atom stereocenters. The van der Waals surface area contributed by atoms with Gasteiger partial charge >= 0.3 is 0 Å². The lowest BCUT2D eigenvalue weighted by molar-refractivity contribution is 0.670. The first kappa shape index (κ1) is 35.2. The molecule has 0 saturated heterocycles. The highest BCUT2D eigenvalue weighted by Crippen LogP contribution is 2.45. The number of benzene rings is 10. The van der Waals surface area contributed by atoms with Gasteiger partial charge in [0.05, 0.1) is 5.69 Å². The van der Waals surface area contributed by atoms with Gasteiger partial charge in [-0.05, 0) is 104 Å². The molecule has 0 bridgehead atoms. The predicted octanol–water partition coefficient (Wildman–Crippen LogP) is 16.5. The number of furan rings is 1. The van der Waals surface area contributed by atoms with Crippen molar-refractivity contribution in [3.05, 3.63) is 237 Å². The maximum absolute atomic E-state index is 6.62. The van der Waals surface area contributed by atoms with E-state index in [1.165, 1.54) is 38.6 Å². The third-order valence-electron chi connectivity index (χ3n) is 11.7. The lowest BCUT2D eigenvalue weighted by Crippen LogP contribution is -2.11. The number of hydrogen-bond donors (Lipinski definition) is 0. The SMILES string of the molecule is c1ccc(-c2ccc(-c3ccc(N(c4cccc(-c5cccc(-c6ccc7ccccc7c6)c5)c4)c4ccccc4-c4cccc5c4oc4ccccc45)cc3)cc2)cc1. The third-order valence-corrected chi connectivity index (χ3v) is 11.7. The number of fused-ring (bicyclic) bond motifs is 4. The summed E-state index contributed by atoms with van der Waals surface area (Å²) in [4.78, 5) is 2.38. The quantitative estimate of drug-likeness (QED) is 0.153. The molecule has 1 heterocycles. The summed E-state index contributed by atoms with van der Waals surface area (Å²) in [6.45, 7) is 0. The molecule has 2 heteroatoms. The minimum absolute atomic E-state index is 0.889. The van der Waals surface area contributed by atoms with E-state index in [0.717, 1.165) is 66.8 Å². The zero-order chi connectivity index (χ0) is 39.8. The van der Waals surface area contributed by atoms with E-state index in [2.05, 4.69) is 235 Å². The molecule has 0 aliphatic carbocycles. The van der Waals surface area contributed by atoms with Gasteiger partial charge in [0.25, 0.3) is 0 Å². The predicted molar refractivity (Wildman–Crippen MR) is 253 cm³/mol. The van der Waals surface area contributed by atoms with Gasteiger partial charge in [-0.1, -0.05) is 188 Å². The Morgan fingerprint density at radius 3 is 1.58 bits per heavy atom. The number of nitrogens with zero attached hydrogens (tertiary/aromatic N) is 1. The van der Waals surface area contributed by atoms with Crippen LogP contribution < -0.4 is 4.90 Å². The van der Waals surface area contributed by atoms with Crippen LogP contribution in [-0.2, 0) is 0 Å². The molecule has 0 spiro atoms. The summed E-state index contributed by atoms with van der Waals surface area (Å²) in [7, 11) is 0. The van der Waals surface area contributed by atoms with Crippen LogP contribution in [-0.4, -0.2) is 0 Å². The summed E-state index contributed by atoms with van der Waals surface area (Å²) in [6.07, 6.45) is 0. The van der Waals surface area contributed by atoms with Crippen LogP contribution >= 0.6 is 0 Å². The Balaban J connectivity index is 1.03. The van der Waals surface area contributed by atoms with Gasteiger partial charge in [0.15, 0.2) is 0 Å². The standard InChI is InChI=1S/C58H39NO/c1-2-13-40(14-3-1)42-27-29-43(30-28-42)44-33-35-50(36-34-44)59(56-25-8-6-21-52(56)54-23-12-24-55-53-22-7-9-26-57(53)60-58(54)55)51-20-11-19-48(39-51)46-17-10-18-47(38-46)49-32-31-41-15-4-5-16-45(41)37-49/h1-39H. The summed E-state index contributed by atoms with van der Waals surface area (Å²) in [5.74, 6) is 0. The van der Waals surface area contributed by atoms with Gasteiger partial charge in [-0.15, -0.1) is 0 Å². The van der Waals surface area contributed by atoms with Crippen LogP contribution in [0.1, 0.15) is 0 Å². The summed E-state index contributed by atoms with van der Waals surface area (Å²) >= 11 is 0. The zero-order valence-electron chi connectivity index (χ0n) is 32.9. The lowest BCUT2D eigenvalue weighted by Gasteiger charge is -2.28. The van der Waals surface area contributed by atoms with Crippen LogP contribution in [0.25, 0.3) is 88.3 Å². The minimum atomic E-state index is 0.889. The largest absolute Gasteiger partial charge is 0.455 e. The van der Waals surface area contributed by atoms with E-state index in [-0.39, 0.29) is 0 Å². The second kappa shape index (κ2) is 15.1. The fraction of sp³-hybridized carbons (Fsp3) is 0. The molecule has 2 nitrogen and oxygen atoms in total. The molecule has 11 aromatic rings. The molecular weight excluding hydrogens is 727 g/mol. The number of hydrogen-bond acceptors (Lipinski definition) is 2. The van der Waals surface area contributed by atoms with Crippen LogP contribution in [0, 0.1) is 0 Å². The topological polar surface area (TPSA) is 16.4 Å². The molecule has 0 amide bonds. The second-order valence-corrected chi connectivity index (χ2v) is 15.3. The van der Waals surface area contributed by atoms with Gasteiger partial charge in [-0.3, -0.25) is 0 Å². The third kappa shape index (κ3) is 6.51. The highest BCUT2D eigenvalue weighted by molar-refractivity contribution is 6.11. The Hall–Kier alpha value is -7.94. The first-order valence-corrected chi connectivity index (χ1v) is 20.5. The summed E-state index contributed by atoms with van der Waals surface area (Å²) in [6, 6.07) is 84.9. The van der Waals surface area contributed by atoms with Crippen molar-refractivity contribution >= 4 is 49.8 Å². The molecule has 0 radical (unpaired) electrons. The molecule has 60 heavy (non-hydrogen) atoms. The molecule has 0 aliphatic heterocycles. The van der Waals surface area contributed by atoms with Gasteiger partial charge in [0.1, 0.15) is 11.2 Å². The average molecular weight is 766 g/mol. The Labute approximate surface area is 349 Å². The molecule has 0 N–H and O–H groups in total. The Morgan fingerprint density at radius 1 is 0.283 bits per heavy atom. The van der Waals surface area contributed by atoms with Gasteiger partial charge in [-0.25, -0.2) is 0 Å². The van der Waals surface area contributed by atoms with Crippen LogP contribution in [0.5, 0.6) is 0 Å². The maximum Gasteiger partial charge on any atom is 0.143 e. The van der Waals surface area contributed by atoms with Crippen LogP contribution in [0.15, 0.2) is 241 Å². The summed E-state index contributed by atoms with van der Waals surface area (Å²) < 4.78 is 6.62. The smallest absolute Gasteiger partial charge is 0.143 e. The molecule has 11 rings (SSSR count). The van der Waals surface area contributed by atoms with Crippen molar-refractivity contribution in [2.24, 2.45) is 0 Å². The molecule has 0 fully saturated rings. The van der Waals surface area contributed by atoms with E-state index < -0.39 is 0 Å². The Kier molecular flexibility index (Phi) is 8.87. The van der Waals surface area contributed by atoms with Gasteiger partial charge in [-0.2, -0.15) is 0 Å². The van der Waals surface area contributed by atoms with Crippen molar-refractivity contribution in [2.75, 3.05) is 4.90 Å². The number of rotatable bonds is 8. The van der Waals surface area contributed by atoms with E-state index >= 15 is 0 Å². The highest BCUT2D eigenvalue weighted by Gasteiger charge is 2.21. The minimum Gasteiger partial charge on any atom is -0.455 e. The van der Waals surface area contributed by atoms with Crippen molar-refractivity contribution in [1.82, 2.24) is 0 Å². The van der Waals surface area contributed by atoms with Crippen LogP contribution in [0.2, 0.25) is 0 Å². The maximum atomic E-state index is 6.62. The Bertz CT molecular complexity index is 3310. The number of para-hydroxylation sites is 3. The van der Waals surface area contributed by atoms with E-state index in [4.69, 9.17) is 4.42 Å². The highest BCUT2D eigenvalue weighted by atomic mass is 16.3. The summed E-state index contributed by atoms with van der Waals surface area (Å²) in [5, 5.41) is 4.72.